The van der Waals surface area contributed by atoms with Crippen LogP contribution in [0.2, 0.25) is 0 Å². The van der Waals surface area contributed by atoms with Gasteiger partial charge in [0.05, 0.1) is 0 Å². The van der Waals surface area contributed by atoms with E-state index in [0.717, 1.165) is 6.07 Å². The van der Waals surface area contributed by atoms with E-state index in [0.29, 0.717) is 0 Å². The topological polar surface area (TPSA) is 68.3 Å². The third-order valence-corrected chi connectivity index (χ3v) is 2.06. The molecule has 0 aliphatic heterocycles. The first-order valence-corrected chi connectivity index (χ1v) is 5.85. The van der Waals surface area contributed by atoms with Gasteiger partial charge in [-0.15, -0.1) is 0 Å². The molecular formula is C13H17FN2O3. The fourth-order valence-electron chi connectivity index (χ4n) is 1.25. The van der Waals surface area contributed by atoms with Crippen molar-refractivity contribution < 1.29 is 18.7 Å². The van der Waals surface area contributed by atoms with Crippen LogP contribution in [0.15, 0.2) is 18.2 Å². The zero-order valence-electron chi connectivity index (χ0n) is 11.4. The zero-order chi connectivity index (χ0) is 14.6. The molecule has 1 aromatic rings. The molecule has 0 aliphatic carbocycles. The highest BCUT2D eigenvalue weighted by Crippen LogP contribution is 2.08. The smallest absolute Gasteiger partial charge is 0.328 e. The van der Waals surface area contributed by atoms with Crippen molar-refractivity contribution in [1.29, 1.82) is 0 Å². The molecule has 0 bridgehead atoms. The molecule has 1 rings (SSSR count). The zero-order valence-corrected chi connectivity index (χ0v) is 11.4. The monoisotopic (exact) mass is 268 g/mol. The Morgan fingerprint density at radius 1 is 1.37 bits per heavy atom. The van der Waals surface area contributed by atoms with Crippen LogP contribution in [0.25, 0.3) is 0 Å². The van der Waals surface area contributed by atoms with E-state index < -0.39 is 29.5 Å². The van der Waals surface area contributed by atoms with Crippen molar-refractivity contribution in [3.63, 3.8) is 0 Å². The summed E-state index contributed by atoms with van der Waals surface area (Å²) in [7, 11) is 0. The lowest BCUT2D eigenvalue weighted by atomic mass is 10.2. The average molecular weight is 268 g/mol. The highest BCUT2D eigenvalue weighted by atomic mass is 19.1. The standard InChI is InChI=1S/C13H17FN2O3/c1-8(12(18)19-13(2,3)4)15-11(17)9-6-5-7-10(14)16-9/h5-8H,1-4H3,(H,15,17)/t8-/m1/s1. The van der Waals surface area contributed by atoms with Crippen molar-refractivity contribution in [2.75, 3.05) is 0 Å². The molecule has 0 radical (unpaired) electrons. The first-order valence-electron chi connectivity index (χ1n) is 5.85. The Bertz CT molecular complexity index is 483. The maximum Gasteiger partial charge on any atom is 0.328 e. The number of carbonyl (C=O) groups excluding carboxylic acids is 2. The molecule has 19 heavy (non-hydrogen) atoms. The van der Waals surface area contributed by atoms with Gasteiger partial charge in [-0.1, -0.05) is 6.07 Å². The molecule has 0 aliphatic rings. The minimum atomic E-state index is -0.836. The minimum Gasteiger partial charge on any atom is -0.458 e. The van der Waals surface area contributed by atoms with Gasteiger partial charge in [0.15, 0.2) is 0 Å². The van der Waals surface area contributed by atoms with E-state index in [1.165, 1.54) is 19.1 Å². The number of nitrogens with zero attached hydrogens (tertiary/aromatic N) is 1. The van der Waals surface area contributed by atoms with E-state index in [2.05, 4.69) is 10.3 Å². The number of halogens is 1. The quantitative estimate of drug-likeness (QED) is 0.669. The summed E-state index contributed by atoms with van der Waals surface area (Å²) in [5.41, 5.74) is -0.719. The van der Waals surface area contributed by atoms with E-state index in [-0.39, 0.29) is 5.69 Å². The second-order valence-electron chi connectivity index (χ2n) is 5.07. The number of hydrogen-bond donors (Lipinski definition) is 1. The van der Waals surface area contributed by atoms with E-state index >= 15 is 0 Å². The summed E-state index contributed by atoms with van der Waals surface area (Å²) in [6.07, 6.45) is 0. The average Bonchev–Trinajstić information content (AvgIpc) is 2.26. The second-order valence-corrected chi connectivity index (χ2v) is 5.07. The van der Waals surface area contributed by atoms with E-state index in [1.54, 1.807) is 20.8 Å². The minimum absolute atomic E-state index is 0.0876. The Hall–Kier alpha value is -1.98. The van der Waals surface area contributed by atoms with E-state index in [1.807, 2.05) is 0 Å². The number of aromatic nitrogens is 1. The third kappa shape index (κ3) is 5.03. The van der Waals surface area contributed by atoms with Crippen molar-refractivity contribution in [3.8, 4) is 0 Å². The van der Waals surface area contributed by atoms with Gasteiger partial charge >= 0.3 is 5.97 Å². The van der Waals surface area contributed by atoms with Crippen LogP contribution in [0.1, 0.15) is 38.2 Å². The van der Waals surface area contributed by atoms with E-state index in [4.69, 9.17) is 4.74 Å². The summed E-state index contributed by atoms with van der Waals surface area (Å²) in [5.74, 6) is -1.94. The molecule has 1 aromatic heterocycles. The van der Waals surface area contributed by atoms with Gasteiger partial charge in [-0.3, -0.25) is 4.79 Å². The first kappa shape index (κ1) is 15.1. The van der Waals surface area contributed by atoms with Crippen LogP contribution in [0.5, 0.6) is 0 Å². The van der Waals surface area contributed by atoms with Crippen molar-refractivity contribution in [3.05, 3.63) is 29.8 Å². The van der Waals surface area contributed by atoms with Crippen LogP contribution < -0.4 is 5.32 Å². The van der Waals surface area contributed by atoms with E-state index in [9.17, 15) is 14.0 Å². The summed E-state index contributed by atoms with van der Waals surface area (Å²) >= 11 is 0. The summed E-state index contributed by atoms with van der Waals surface area (Å²) < 4.78 is 18.0. The number of rotatable bonds is 3. The van der Waals surface area contributed by atoms with Crippen molar-refractivity contribution in [2.24, 2.45) is 0 Å². The number of nitrogens with one attached hydrogen (secondary N) is 1. The summed E-state index contributed by atoms with van der Waals surface area (Å²) in [5, 5.41) is 2.40. The number of hydrogen-bond acceptors (Lipinski definition) is 4. The van der Waals surface area contributed by atoms with Gasteiger partial charge < -0.3 is 10.1 Å². The molecule has 1 N–H and O–H groups in total. The summed E-state index contributed by atoms with van der Waals surface area (Å²) in [6.45, 7) is 6.68. The third-order valence-electron chi connectivity index (χ3n) is 2.06. The van der Waals surface area contributed by atoms with Crippen molar-refractivity contribution >= 4 is 11.9 Å². The van der Waals surface area contributed by atoms with Crippen LogP contribution in [0.4, 0.5) is 4.39 Å². The Kier molecular flexibility index (Phi) is 4.58. The molecule has 1 amide bonds. The second kappa shape index (κ2) is 5.77. The number of ether oxygens (including phenoxy) is 1. The van der Waals surface area contributed by atoms with Crippen LogP contribution in [-0.4, -0.2) is 28.5 Å². The fraction of sp³-hybridized carbons (Fsp3) is 0.462. The molecule has 6 heteroatoms. The van der Waals surface area contributed by atoms with Crippen molar-refractivity contribution in [2.45, 2.75) is 39.3 Å². The van der Waals surface area contributed by atoms with Gasteiger partial charge in [-0.25, -0.2) is 9.78 Å². The highest BCUT2D eigenvalue weighted by Gasteiger charge is 2.23. The summed E-state index contributed by atoms with van der Waals surface area (Å²) in [6, 6.07) is 3.03. The molecule has 0 saturated carbocycles. The van der Waals surface area contributed by atoms with Gasteiger partial charge in [-0.05, 0) is 39.8 Å². The van der Waals surface area contributed by atoms with Gasteiger partial charge in [0.25, 0.3) is 5.91 Å². The number of esters is 1. The number of carbonyl (C=O) groups is 2. The Labute approximate surface area is 111 Å². The molecule has 5 nitrogen and oxygen atoms in total. The lowest BCUT2D eigenvalue weighted by Crippen LogP contribution is -2.42. The Morgan fingerprint density at radius 3 is 2.53 bits per heavy atom. The summed E-state index contributed by atoms with van der Waals surface area (Å²) in [4.78, 5) is 26.8. The van der Waals surface area contributed by atoms with Crippen LogP contribution >= 0.6 is 0 Å². The Morgan fingerprint density at radius 2 is 2.00 bits per heavy atom. The molecule has 0 unspecified atom stereocenters. The van der Waals surface area contributed by atoms with Crippen LogP contribution in [-0.2, 0) is 9.53 Å². The molecule has 0 fully saturated rings. The molecule has 1 atom stereocenters. The largest absolute Gasteiger partial charge is 0.458 e. The maximum absolute atomic E-state index is 12.9. The predicted molar refractivity (Wildman–Crippen MR) is 67.0 cm³/mol. The molecule has 0 spiro atoms. The van der Waals surface area contributed by atoms with Crippen molar-refractivity contribution in [1.82, 2.24) is 10.3 Å². The molecule has 104 valence electrons. The maximum atomic E-state index is 12.9. The lowest BCUT2D eigenvalue weighted by Gasteiger charge is -2.22. The first-order chi connectivity index (χ1) is 8.69. The normalized spacial score (nSPS) is 12.7. The SMILES string of the molecule is C[C@@H](NC(=O)c1cccc(F)n1)C(=O)OC(C)(C)C. The molecule has 0 saturated heterocycles. The van der Waals surface area contributed by atoms with Gasteiger partial charge in [0.1, 0.15) is 17.3 Å². The molecular weight excluding hydrogens is 251 g/mol. The Balaban J connectivity index is 2.64. The molecule has 1 heterocycles. The lowest BCUT2D eigenvalue weighted by molar-refractivity contribution is -0.156. The van der Waals surface area contributed by atoms with Gasteiger partial charge in [-0.2, -0.15) is 4.39 Å². The number of pyridine rings is 1. The fourth-order valence-corrected chi connectivity index (χ4v) is 1.25. The van der Waals surface area contributed by atoms with Crippen LogP contribution in [0.3, 0.4) is 0 Å². The molecule has 0 aromatic carbocycles. The van der Waals surface area contributed by atoms with Gasteiger partial charge in [0.2, 0.25) is 5.95 Å². The van der Waals surface area contributed by atoms with Crippen LogP contribution in [0, 0.1) is 5.95 Å². The highest BCUT2D eigenvalue weighted by molar-refractivity contribution is 5.95. The number of amides is 1. The predicted octanol–water partition coefficient (Wildman–Crippen LogP) is 1.68. The van der Waals surface area contributed by atoms with Gasteiger partial charge in [0, 0.05) is 0 Å².